The van der Waals surface area contributed by atoms with Crippen LogP contribution in [0.15, 0.2) is 24.3 Å². The maximum Gasteiger partial charge on any atom is 0.0488 e. The van der Waals surface area contributed by atoms with E-state index in [1.165, 1.54) is 43.2 Å². The van der Waals surface area contributed by atoms with E-state index < -0.39 is 0 Å². The summed E-state index contributed by atoms with van der Waals surface area (Å²) in [6.45, 7) is 9.09. The van der Waals surface area contributed by atoms with Gasteiger partial charge in [-0.25, -0.2) is 0 Å². The molecule has 1 aromatic rings. The SMILES string of the molecule is CCC1CCCC(C(NN)c2ccc(C(C)(C)C)cc2)C1. The third-order valence-corrected chi connectivity index (χ3v) is 5.19. The van der Waals surface area contributed by atoms with Crippen LogP contribution in [0.3, 0.4) is 0 Å². The summed E-state index contributed by atoms with van der Waals surface area (Å²) in [6, 6.07) is 9.36. The van der Waals surface area contributed by atoms with Gasteiger partial charge in [-0.1, -0.05) is 71.2 Å². The molecule has 0 amide bonds. The van der Waals surface area contributed by atoms with E-state index in [-0.39, 0.29) is 5.41 Å². The van der Waals surface area contributed by atoms with Gasteiger partial charge in [0.05, 0.1) is 0 Å². The molecule has 0 radical (unpaired) electrons. The van der Waals surface area contributed by atoms with Gasteiger partial charge in [0, 0.05) is 6.04 Å². The van der Waals surface area contributed by atoms with Crippen molar-refractivity contribution in [3.05, 3.63) is 35.4 Å². The Kier molecular flexibility index (Phi) is 5.45. The van der Waals surface area contributed by atoms with Crippen molar-refractivity contribution in [2.45, 2.75) is 71.3 Å². The molecule has 3 atom stereocenters. The molecule has 3 unspecified atom stereocenters. The minimum atomic E-state index is 0.211. The molecule has 3 N–H and O–H groups in total. The molecule has 1 aromatic carbocycles. The summed E-state index contributed by atoms with van der Waals surface area (Å²) < 4.78 is 0. The average molecular weight is 288 g/mol. The van der Waals surface area contributed by atoms with Gasteiger partial charge in [0.1, 0.15) is 0 Å². The van der Waals surface area contributed by atoms with Gasteiger partial charge in [-0.05, 0) is 41.2 Å². The lowest BCUT2D eigenvalue weighted by atomic mass is 9.75. The smallest absolute Gasteiger partial charge is 0.0488 e. The Hall–Kier alpha value is -0.860. The van der Waals surface area contributed by atoms with Crippen molar-refractivity contribution in [3.8, 4) is 0 Å². The van der Waals surface area contributed by atoms with E-state index in [1.54, 1.807) is 0 Å². The molecule has 2 nitrogen and oxygen atoms in total. The molecule has 1 aliphatic rings. The van der Waals surface area contributed by atoms with Gasteiger partial charge in [0.2, 0.25) is 0 Å². The van der Waals surface area contributed by atoms with Crippen LogP contribution in [0.2, 0.25) is 0 Å². The summed E-state index contributed by atoms with van der Waals surface area (Å²) in [6.07, 6.45) is 6.66. The lowest BCUT2D eigenvalue weighted by Gasteiger charge is -2.34. The van der Waals surface area contributed by atoms with E-state index in [2.05, 4.69) is 57.4 Å². The zero-order valence-corrected chi connectivity index (χ0v) is 14.2. The van der Waals surface area contributed by atoms with Crippen LogP contribution in [0.5, 0.6) is 0 Å². The highest BCUT2D eigenvalue weighted by molar-refractivity contribution is 5.29. The van der Waals surface area contributed by atoms with Crippen LogP contribution >= 0.6 is 0 Å². The Morgan fingerprint density at radius 1 is 1.19 bits per heavy atom. The standard InChI is InChI=1S/C19H32N2/c1-5-14-7-6-8-16(13-14)18(21-20)15-9-11-17(12-10-15)19(2,3)4/h9-12,14,16,18,21H,5-8,13,20H2,1-4H3. The van der Waals surface area contributed by atoms with Gasteiger partial charge in [0.15, 0.2) is 0 Å². The largest absolute Gasteiger partial charge is 0.271 e. The predicted molar refractivity (Wildman–Crippen MR) is 90.9 cm³/mol. The molecule has 0 heterocycles. The molecular weight excluding hydrogens is 256 g/mol. The zero-order valence-electron chi connectivity index (χ0n) is 14.2. The van der Waals surface area contributed by atoms with Crippen molar-refractivity contribution in [1.29, 1.82) is 0 Å². The first-order chi connectivity index (χ1) is 9.95. The molecular formula is C19H32N2. The molecule has 1 saturated carbocycles. The third-order valence-electron chi connectivity index (χ3n) is 5.19. The fraction of sp³-hybridized carbons (Fsp3) is 0.684. The van der Waals surface area contributed by atoms with Crippen LogP contribution in [0.1, 0.15) is 77.0 Å². The topological polar surface area (TPSA) is 38.0 Å². The van der Waals surface area contributed by atoms with Crippen LogP contribution < -0.4 is 11.3 Å². The van der Waals surface area contributed by atoms with Crippen LogP contribution in [-0.2, 0) is 5.41 Å². The maximum absolute atomic E-state index is 5.90. The summed E-state index contributed by atoms with van der Waals surface area (Å²) in [7, 11) is 0. The summed E-state index contributed by atoms with van der Waals surface area (Å²) >= 11 is 0. The van der Waals surface area contributed by atoms with Crippen molar-refractivity contribution < 1.29 is 0 Å². The van der Waals surface area contributed by atoms with Gasteiger partial charge in [0.25, 0.3) is 0 Å². The summed E-state index contributed by atoms with van der Waals surface area (Å²) in [5.41, 5.74) is 6.03. The molecule has 0 aromatic heterocycles. The van der Waals surface area contributed by atoms with E-state index in [1.807, 2.05) is 0 Å². The van der Waals surface area contributed by atoms with E-state index in [4.69, 9.17) is 5.84 Å². The Balaban J connectivity index is 2.13. The van der Waals surface area contributed by atoms with Crippen molar-refractivity contribution in [2.24, 2.45) is 17.7 Å². The number of nitrogens with one attached hydrogen (secondary N) is 1. The van der Waals surface area contributed by atoms with Gasteiger partial charge in [-0.2, -0.15) is 0 Å². The van der Waals surface area contributed by atoms with Crippen molar-refractivity contribution in [2.75, 3.05) is 0 Å². The van der Waals surface area contributed by atoms with Crippen LogP contribution in [-0.4, -0.2) is 0 Å². The highest BCUT2D eigenvalue weighted by Crippen LogP contribution is 2.38. The predicted octanol–water partition coefficient (Wildman–Crippen LogP) is 4.70. The fourth-order valence-electron chi connectivity index (χ4n) is 3.70. The number of rotatable bonds is 4. The average Bonchev–Trinajstić information content (AvgIpc) is 2.48. The second-order valence-corrected chi connectivity index (χ2v) is 7.72. The van der Waals surface area contributed by atoms with Crippen LogP contribution in [0.25, 0.3) is 0 Å². The van der Waals surface area contributed by atoms with E-state index in [0.717, 1.165) is 5.92 Å². The molecule has 1 aliphatic carbocycles. The van der Waals surface area contributed by atoms with Crippen molar-refractivity contribution >= 4 is 0 Å². The number of nitrogens with two attached hydrogens (primary N) is 1. The van der Waals surface area contributed by atoms with Gasteiger partial charge in [-0.15, -0.1) is 0 Å². The summed E-state index contributed by atoms with van der Waals surface area (Å²) in [4.78, 5) is 0. The minimum Gasteiger partial charge on any atom is -0.271 e. The minimum absolute atomic E-state index is 0.211. The molecule has 0 bridgehead atoms. The molecule has 0 spiro atoms. The number of benzene rings is 1. The fourth-order valence-corrected chi connectivity index (χ4v) is 3.70. The third kappa shape index (κ3) is 4.08. The first-order valence-corrected chi connectivity index (χ1v) is 8.52. The second-order valence-electron chi connectivity index (χ2n) is 7.72. The Morgan fingerprint density at radius 2 is 1.86 bits per heavy atom. The number of hydrogen-bond donors (Lipinski definition) is 2. The lowest BCUT2D eigenvalue weighted by Crippen LogP contribution is -2.35. The summed E-state index contributed by atoms with van der Waals surface area (Å²) in [5, 5.41) is 0. The van der Waals surface area contributed by atoms with Crippen LogP contribution in [0, 0.1) is 11.8 Å². The highest BCUT2D eigenvalue weighted by Gasteiger charge is 2.28. The first-order valence-electron chi connectivity index (χ1n) is 8.52. The van der Waals surface area contributed by atoms with Gasteiger partial charge < -0.3 is 0 Å². The van der Waals surface area contributed by atoms with E-state index in [9.17, 15) is 0 Å². The van der Waals surface area contributed by atoms with E-state index >= 15 is 0 Å². The van der Waals surface area contributed by atoms with Crippen LogP contribution in [0.4, 0.5) is 0 Å². The normalized spacial score (nSPS) is 24.8. The lowest BCUT2D eigenvalue weighted by molar-refractivity contribution is 0.210. The Morgan fingerprint density at radius 3 is 2.38 bits per heavy atom. The quantitative estimate of drug-likeness (QED) is 0.622. The Bertz CT molecular complexity index is 430. The monoisotopic (exact) mass is 288 g/mol. The van der Waals surface area contributed by atoms with E-state index in [0.29, 0.717) is 12.0 Å². The van der Waals surface area contributed by atoms with Crippen molar-refractivity contribution in [3.63, 3.8) is 0 Å². The Labute approximate surface area is 130 Å². The molecule has 1 fully saturated rings. The van der Waals surface area contributed by atoms with Gasteiger partial charge in [-0.3, -0.25) is 11.3 Å². The highest BCUT2D eigenvalue weighted by atomic mass is 15.2. The molecule has 118 valence electrons. The molecule has 0 saturated heterocycles. The number of hydrazine groups is 1. The summed E-state index contributed by atoms with van der Waals surface area (Å²) in [5.74, 6) is 7.45. The second kappa shape index (κ2) is 6.93. The molecule has 2 heteroatoms. The molecule has 2 rings (SSSR count). The first kappa shape index (κ1) is 16.5. The molecule has 0 aliphatic heterocycles. The van der Waals surface area contributed by atoms with Gasteiger partial charge >= 0.3 is 0 Å². The molecule has 21 heavy (non-hydrogen) atoms. The maximum atomic E-state index is 5.90. The number of hydrogen-bond acceptors (Lipinski definition) is 2. The zero-order chi connectivity index (χ0) is 15.5. The van der Waals surface area contributed by atoms with Crippen molar-refractivity contribution in [1.82, 2.24) is 5.43 Å².